The van der Waals surface area contributed by atoms with E-state index in [1.165, 1.54) is 0 Å². The Hall–Kier alpha value is -0.610. The molecule has 1 amide bonds. The van der Waals surface area contributed by atoms with Crippen LogP contribution in [0.25, 0.3) is 0 Å². The van der Waals surface area contributed by atoms with Crippen LogP contribution in [0.5, 0.6) is 0 Å². The van der Waals surface area contributed by atoms with E-state index in [-0.39, 0.29) is 11.9 Å². The first kappa shape index (κ1) is 14.4. The normalized spacial score (nSPS) is 16.9. The third-order valence-corrected chi connectivity index (χ3v) is 2.54. The molecule has 0 aliphatic rings. The zero-order chi connectivity index (χ0) is 11.9. The van der Waals surface area contributed by atoms with Crippen molar-refractivity contribution in [3.63, 3.8) is 0 Å². The molecule has 15 heavy (non-hydrogen) atoms. The predicted molar refractivity (Wildman–Crippen MR) is 61.4 cm³/mol. The van der Waals surface area contributed by atoms with Crippen LogP contribution in [0.1, 0.15) is 46.5 Å². The van der Waals surface area contributed by atoms with Crippen molar-refractivity contribution in [2.45, 2.75) is 58.1 Å². The molecular weight excluding hydrogens is 192 g/mol. The van der Waals surface area contributed by atoms with Crippen LogP contribution in [0, 0.1) is 0 Å². The summed E-state index contributed by atoms with van der Waals surface area (Å²) in [6, 6.07) is -0.0680. The minimum absolute atomic E-state index is 0.0680. The van der Waals surface area contributed by atoms with Crippen molar-refractivity contribution in [1.82, 2.24) is 5.32 Å². The molecule has 0 spiro atoms. The maximum atomic E-state index is 11.4. The highest BCUT2D eigenvalue weighted by molar-refractivity contribution is 5.76. The smallest absolute Gasteiger partial charge is 0.221 e. The lowest BCUT2D eigenvalue weighted by Gasteiger charge is -2.22. The molecule has 4 N–H and O–H groups in total. The van der Waals surface area contributed by atoms with Crippen LogP contribution in [-0.2, 0) is 4.79 Å². The number of hydrogen-bond acceptors (Lipinski definition) is 3. The number of hydrogen-bond donors (Lipinski definition) is 3. The van der Waals surface area contributed by atoms with Gasteiger partial charge in [0.1, 0.15) is 0 Å². The van der Waals surface area contributed by atoms with Crippen LogP contribution in [0.15, 0.2) is 0 Å². The number of rotatable bonds is 7. The minimum Gasteiger partial charge on any atom is -0.388 e. The number of nitrogens with one attached hydrogen (secondary N) is 1. The van der Waals surface area contributed by atoms with Crippen molar-refractivity contribution < 1.29 is 9.90 Å². The summed E-state index contributed by atoms with van der Waals surface area (Å²) < 4.78 is 0. The molecule has 0 aromatic carbocycles. The zero-order valence-electron chi connectivity index (χ0n) is 10.0. The van der Waals surface area contributed by atoms with Gasteiger partial charge in [0.15, 0.2) is 0 Å². The number of carbonyl (C=O) groups is 1. The van der Waals surface area contributed by atoms with Gasteiger partial charge in [0.25, 0.3) is 0 Å². The van der Waals surface area contributed by atoms with E-state index in [0.717, 1.165) is 12.8 Å². The molecule has 0 radical (unpaired) electrons. The Morgan fingerprint density at radius 2 is 2.13 bits per heavy atom. The summed E-state index contributed by atoms with van der Waals surface area (Å²) in [6.07, 6.45) is 2.81. The summed E-state index contributed by atoms with van der Waals surface area (Å²) in [5.41, 5.74) is 4.92. The summed E-state index contributed by atoms with van der Waals surface area (Å²) in [6.45, 7) is 5.93. The average molecular weight is 216 g/mol. The molecule has 0 bridgehead atoms. The van der Waals surface area contributed by atoms with Crippen LogP contribution in [0.3, 0.4) is 0 Å². The van der Waals surface area contributed by atoms with E-state index < -0.39 is 5.60 Å². The molecule has 90 valence electrons. The SMILES string of the molecule is CCCC(N)CC(=O)NCC(C)(O)CC. The third kappa shape index (κ3) is 7.33. The molecule has 0 aromatic heterocycles. The number of carbonyl (C=O) groups excluding carboxylic acids is 1. The quantitative estimate of drug-likeness (QED) is 0.588. The maximum absolute atomic E-state index is 11.4. The predicted octanol–water partition coefficient (Wildman–Crippen LogP) is 0.781. The lowest BCUT2D eigenvalue weighted by atomic mass is 10.0. The van der Waals surface area contributed by atoms with Gasteiger partial charge in [0.2, 0.25) is 5.91 Å². The van der Waals surface area contributed by atoms with Crippen LogP contribution < -0.4 is 11.1 Å². The van der Waals surface area contributed by atoms with E-state index in [0.29, 0.717) is 19.4 Å². The van der Waals surface area contributed by atoms with Crippen molar-refractivity contribution >= 4 is 5.91 Å². The summed E-state index contributed by atoms with van der Waals surface area (Å²) in [5.74, 6) is -0.0790. The van der Waals surface area contributed by atoms with Crippen molar-refractivity contribution in [2.24, 2.45) is 5.73 Å². The second-order valence-corrected chi connectivity index (χ2v) is 4.38. The average Bonchev–Trinajstić information content (AvgIpc) is 2.15. The van der Waals surface area contributed by atoms with E-state index in [9.17, 15) is 9.90 Å². The fourth-order valence-electron chi connectivity index (χ4n) is 1.20. The van der Waals surface area contributed by atoms with Gasteiger partial charge in [-0.15, -0.1) is 0 Å². The van der Waals surface area contributed by atoms with Gasteiger partial charge in [0, 0.05) is 19.0 Å². The third-order valence-electron chi connectivity index (χ3n) is 2.54. The van der Waals surface area contributed by atoms with Crippen molar-refractivity contribution in [3.8, 4) is 0 Å². The Kier molecular flexibility index (Phi) is 6.52. The molecule has 2 unspecified atom stereocenters. The molecule has 0 saturated heterocycles. The molecule has 0 aromatic rings. The molecule has 0 fully saturated rings. The Balaban J connectivity index is 3.75. The van der Waals surface area contributed by atoms with Crippen molar-refractivity contribution in [3.05, 3.63) is 0 Å². The molecule has 2 atom stereocenters. The largest absolute Gasteiger partial charge is 0.388 e. The van der Waals surface area contributed by atoms with Gasteiger partial charge in [-0.2, -0.15) is 0 Å². The molecule has 0 heterocycles. The van der Waals surface area contributed by atoms with Crippen molar-refractivity contribution in [1.29, 1.82) is 0 Å². The lowest BCUT2D eigenvalue weighted by Crippen LogP contribution is -2.41. The zero-order valence-corrected chi connectivity index (χ0v) is 10.0. The lowest BCUT2D eigenvalue weighted by molar-refractivity contribution is -0.122. The van der Waals surface area contributed by atoms with E-state index >= 15 is 0 Å². The van der Waals surface area contributed by atoms with E-state index in [2.05, 4.69) is 5.32 Å². The highest BCUT2D eigenvalue weighted by Gasteiger charge is 2.18. The molecule has 4 nitrogen and oxygen atoms in total. The standard InChI is InChI=1S/C11H24N2O2/c1-4-6-9(12)7-10(14)13-8-11(3,15)5-2/h9,15H,4-8,12H2,1-3H3,(H,13,14). The van der Waals surface area contributed by atoms with Crippen LogP contribution in [0.4, 0.5) is 0 Å². The molecule has 0 aliphatic heterocycles. The van der Waals surface area contributed by atoms with E-state index in [4.69, 9.17) is 5.73 Å². The second-order valence-electron chi connectivity index (χ2n) is 4.38. The Morgan fingerprint density at radius 1 is 1.53 bits per heavy atom. The van der Waals surface area contributed by atoms with E-state index in [1.54, 1.807) is 6.92 Å². The Labute approximate surface area is 92.2 Å². The summed E-state index contributed by atoms with van der Waals surface area (Å²) >= 11 is 0. The highest BCUT2D eigenvalue weighted by atomic mass is 16.3. The van der Waals surface area contributed by atoms with Crippen LogP contribution >= 0.6 is 0 Å². The topological polar surface area (TPSA) is 75.4 Å². The monoisotopic (exact) mass is 216 g/mol. The molecular formula is C11H24N2O2. The van der Waals surface area contributed by atoms with Gasteiger partial charge in [-0.25, -0.2) is 0 Å². The molecule has 0 saturated carbocycles. The Bertz CT molecular complexity index is 193. The van der Waals surface area contributed by atoms with Crippen LogP contribution in [-0.4, -0.2) is 29.2 Å². The summed E-state index contributed by atoms with van der Waals surface area (Å²) in [4.78, 5) is 11.4. The minimum atomic E-state index is -0.815. The highest BCUT2D eigenvalue weighted by Crippen LogP contribution is 2.06. The first-order valence-corrected chi connectivity index (χ1v) is 5.66. The molecule has 4 heteroatoms. The summed E-state index contributed by atoms with van der Waals surface area (Å²) in [7, 11) is 0. The Morgan fingerprint density at radius 3 is 2.60 bits per heavy atom. The fraction of sp³-hybridized carbons (Fsp3) is 0.909. The van der Waals surface area contributed by atoms with E-state index in [1.807, 2.05) is 13.8 Å². The first-order chi connectivity index (χ1) is 6.91. The maximum Gasteiger partial charge on any atom is 0.221 e. The van der Waals surface area contributed by atoms with Gasteiger partial charge < -0.3 is 16.2 Å². The second kappa shape index (κ2) is 6.80. The first-order valence-electron chi connectivity index (χ1n) is 5.66. The van der Waals surface area contributed by atoms with Gasteiger partial charge in [-0.05, 0) is 19.8 Å². The van der Waals surface area contributed by atoms with Crippen LogP contribution in [0.2, 0.25) is 0 Å². The van der Waals surface area contributed by atoms with Gasteiger partial charge in [-0.3, -0.25) is 4.79 Å². The van der Waals surface area contributed by atoms with Gasteiger partial charge in [0.05, 0.1) is 5.60 Å². The van der Waals surface area contributed by atoms with Gasteiger partial charge >= 0.3 is 0 Å². The summed E-state index contributed by atoms with van der Waals surface area (Å²) in [5, 5.41) is 12.4. The fourth-order valence-corrected chi connectivity index (χ4v) is 1.20. The van der Waals surface area contributed by atoms with Crippen molar-refractivity contribution in [2.75, 3.05) is 6.54 Å². The number of amides is 1. The number of aliphatic hydroxyl groups is 1. The molecule has 0 rings (SSSR count). The van der Waals surface area contributed by atoms with Gasteiger partial charge in [-0.1, -0.05) is 20.3 Å². The molecule has 0 aliphatic carbocycles. The number of nitrogens with two attached hydrogens (primary N) is 1.